The Bertz CT molecular complexity index is 364. The minimum absolute atomic E-state index is 0.142. The van der Waals surface area contributed by atoms with Crippen molar-refractivity contribution in [2.24, 2.45) is 0 Å². The molecule has 0 aromatic carbocycles. The van der Waals surface area contributed by atoms with Crippen LogP contribution in [-0.4, -0.2) is 58.4 Å². The van der Waals surface area contributed by atoms with Crippen molar-refractivity contribution in [2.45, 2.75) is 77.7 Å². The quantitative estimate of drug-likeness (QED) is 0.786. The minimum Gasteiger partial charge on any atom is -0.480 e. The Morgan fingerprint density at radius 3 is 2.14 bits per heavy atom. The molecule has 1 unspecified atom stereocenters. The zero-order chi connectivity index (χ0) is 16.5. The maximum atomic E-state index is 11.6. The number of rotatable bonds is 6. The van der Waals surface area contributed by atoms with Crippen LogP contribution in [0.1, 0.15) is 54.9 Å². The second-order valence-corrected chi connectivity index (χ2v) is 8.02. The van der Waals surface area contributed by atoms with Gasteiger partial charge in [0.05, 0.1) is 11.2 Å². The van der Waals surface area contributed by atoms with Gasteiger partial charge in [0.2, 0.25) is 0 Å². The van der Waals surface area contributed by atoms with Crippen LogP contribution in [0.5, 0.6) is 0 Å². The molecule has 5 nitrogen and oxygen atoms in total. The molecule has 1 rings (SSSR count). The molecule has 0 saturated carbocycles. The summed E-state index contributed by atoms with van der Waals surface area (Å²) in [7, 11) is 0. The van der Waals surface area contributed by atoms with E-state index in [1.54, 1.807) is 6.92 Å². The van der Waals surface area contributed by atoms with E-state index in [1.807, 2.05) is 13.8 Å². The van der Waals surface area contributed by atoms with E-state index in [-0.39, 0.29) is 17.2 Å². The van der Waals surface area contributed by atoms with Crippen molar-refractivity contribution in [3.05, 3.63) is 0 Å². The van der Waals surface area contributed by atoms with Gasteiger partial charge in [0.15, 0.2) is 0 Å². The molecule has 0 aliphatic carbocycles. The lowest BCUT2D eigenvalue weighted by Gasteiger charge is -2.47. The van der Waals surface area contributed by atoms with Gasteiger partial charge in [-0.1, -0.05) is 0 Å². The molecule has 1 aliphatic heterocycles. The van der Waals surface area contributed by atoms with Crippen molar-refractivity contribution in [3.63, 3.8) is 0 Å². The molecule has 124 valence electrons. The van der Waals surface area contributed by atoms with E-state index in [9.17, 15) is 9.90 Å². The zero-order valence-electron chi connectivity index (χ0n) is 14.6. The van der Waals surface area contributed by atoms with Gasteiger partial charge in [-0.3, -0.25) is 15.0 Å². The van der Waals surface area contributed by atoms with Crippen LogP contribution in [0.15, 0.2) is 0 Å². The maximum absolute atomic E-state index is 11.6. The van der Waals surface area contributed by atoms with Crippen LogP contribution in [0.3, 0.4) is 0 Å². The average Bonchev–Trinajstić information content (AvgIpc) is 2.20. The largest absolute Gasteiger partial charge is 0.480 e. The summed E-state index contributed by atoms with van der Waals surface area (Å²) in [6.07, 6.45) is 0.576. The Morgan fingerprint density at radius 1 is 1.29 bits per heavy atom. The molecule has 0 aromatic rings. The molecule has 1 heterocycles. The molecule has 2 N–H and O–H groups in total. The number of carboxylic acid groups (broad SMARTS) is 1. The van der Waals surface area contributed by atoms with Crippen LogP contribution in [0.25, 0.3) is 0 Å². The summed E-state index contributed by atoms with van der Waals surface area (Å²) in [5.74, 6) is -0.789. The van der Waals surface area contributed by atoms with Crippen LogP contribution in [-0.2, 0) is 9.53 Å². The van der Waals surface area contributed by atoms with Crippen LogP contribution in [0.4, 0.5) is 0 Å². The maximum Gasteiger partial charge on any atom is 0.323 e. The normalized spacial score (nSPS) is 24.8. The van der Waals surface area contributed by atoms with Crippen molar-refractivity contribution in [3.8, 4) is 0 Å². The first kappa shape index (κ1) is 18.4. The van der Waals surface area contributed by atoms with Gasteiger partial charge in [0.1, 0.15) is 5.54 Å². The van der Waals surface area contributed by atoms with Gasteiger partial charge >= 0.3 is 5.97 Å². The van der Waals surface area contributed by atoms with E-state index in [0.717, 1.165) is 19.6 Å². The standard InChI is InChI=1S/C16H32N2O3/c1-12(2)17-16(7,13(19)20)8-9-18-10-14(3,4)21-15(5,6)11-18/h12,17H,8-11H2,1-7H3,(H,19,20). The van der Waals surface area contributed by atoms with E-state index < -0.39 is 11.5 Å². The van der Waals surface area contributed by atoms with Gasteiger partial charge in [-0.05, 0) is 54.9 Å². The van der Waals surface area contributed by atoms with Crippen molar-refractivity contribution in [1.82, 2.24) is 10.2 Å². The topological polar surface area (TPSA) is 61.8 Å². The highest BCUT2D eigenvalue weighted by Gasteiger charge is 2.40. The molecule has 5 heteroatoms. The number of morpholine rings is 1. The van der Waals surface area contributed by atoms with Gasteiger partial charge in [0, 0.05) is 25.7 Å². The number of carbonyl (C=O) groups is 1. The molecule has 1 atom stereocenters. The Labute approximate surface area is 129 Å². The van der Waals surface area contributed by atoms with Gasteiger partial charge in [-0.2, -0.15) is 0 Å². The van der Waals surface area contributed by atoms with Crippen LogP contribution < -0.4 is 5.32 Å². The molecule has 0 amide bonds. The fraction of sp³-hybridized carbons (Fsp3) is 0.938. The number of hydrogen-bond donors (Lipinski definition) is 2. The molecular formula is C16H32N2O3. The number of nitrogens with zero attached hydrogens (tertiary/aromatic N) is 1. The molecule has 0 radical (unpaired) electrons. The van der Waals surface area contributed by atoms with Crippen LogP contribution in [0, 0.1) is 0 Å². The molecule has 0 spiro atoms. The predicted octanol–water partition coefficient (Wildman–Crippen LogP) is 2.11. The van der Waals surface area contributed by atoms with Crippen molar-refractivity contribution < 1.29 is 14.6 Å². The van der Waals surface area contributed by atoms with E-state index in [2.05, 4.69) is 37.9 Å². The monoisotopic (exact) mass is 300 g/mol. The SMILES string of the molecule is CC(C)NC(C)(CCN1CC(C)(C)OC(C)(C)C1)C(=O)O. The summed E-state index contributed by atoms with van der Waals surface area (Å²) in [5.41, 5.74) is -1.29. The second-order valence-electron chi connectivity index (χ2n) is 8.02. The van der Waals surface area contributed by atoms with E-state index in [0.29, 0.717) is 6.42 Å². The van der Waals surface area contributed by atoms with Crippen molar-refractivity contribution in [1.29, 1.82) is 0 Å². The second kappa shape index (κ2) is 6.23. The number of carboxylic acids is 1. The summed E-state index contributed by atoms with van der Waals surface area (Å²) < 4.78 is 6.06. The van der Waals surface area contributed by atoms with E-state index in [1.165, 1.54) is 0 Å². The summed E-state index contributed by atoms with van der Waals surface area (Å²) in [4.78, 5) is 13.9. The predicted molar refractivity (Wildman–Crippen MR) is 84.6 cm³/mol. The zero-order valence-corrected chi connectivity index (χ0v) is 14.6. The minimum atomic E-state index is -0.888. The smallest absolute Gasteiger partial charge is 0.323 e. The average molecular weight is 300 g/mol. The molecule has 21 heavy (non-hydrogen) atoms. The summed E-state index contributed by atoms with van der Waals surface area (Å²) in [6, 6.07) is 0.142. The van der Waals surface area contributed by atoms with Gasteiger partial charge in [0.25, 0.3) is 0 Å². The first-order chi connectivity index (χ1) is 9.35. The lowest BCUT2D eigenvalue weighted by atomic mass is 9.94. The molecular weight excluding hydrogens is 268 g/mol. The third-order valence-corrected chi connectivity index (χ3v) is 3.77. The highest BCUT2D eigenvalue weighted by Crippen LogP contribution is 2.28. The Kier molecular flexibility index (Phi) is 5.45. The summed E-state index contributed by atoms with van der Waals surface area (Å²) in [5, 5.41) is 12.7. The molecule has 1 fully saturated rings. The van der Waals surface area contributed by atoms with Crippen LogP contribution >= 0.6 is 0 Å². The summed E-state index contributed by atoms with van der Waals surface area (Å²) in [6.45, 7) is 16.5. The van der Waals surface area contributed by atoms with Crippen molar-refractivity contribution >= 4 is 5.97 Å². The third kappa shape index (κ3) is 5.57. The Morgan fingerprint density at radius 2 is 1.76 bits per heavy atom. The fourth-order valence-corrected chi connectivity index (χ4v) is 3.36. The first-order valence-electron chi connectivity index (χ1n) is 7.79. The van der Waals surface area contributed by atoms with Gasteiger partial charge in [-0.25, -0.2) is 0 Å². The Balaban J connectivity index is 2.69. The van der Waals surface area contributed by atoms with Crippen LogP contribution in [0.2, 0.25) is 0 Å². The molecule has 0 bridgehead atoms. The van der Waals surface area contributed by atoms with E-state index in [4.69, 9.17) is 4.74 Å². The van der Waals surface area contributed by atoms with Crippen molar-refractivity contribution in [2.75, 3.05) is 19.6 Å². The highest BCUT2D eigenvalue weighted by molar-refractivity contribution is 5.78. The van der Waals surface area contributed by atoms with Gasteiger partial charge in [-0.15, -0.1) is 0 Å². The number of nitrogens with one attached hydrogen (secondary N) is 1. The first-order valence-corrected chi connectivity index (χ1v) is 7.79. The van der Waals surface area contributed by atoms with Gasteiger partial charge < -0.3 is 9.84 Å². The fourth-order valence-electron chi connectivity index (χ4n) is 3.36. The highest BCUT2D eigenvalue weighted by atomic mass is 16.5. The lowest BCUT2D eigenvalue weighted by Crippen LogP contribution is -2.59. The molecule has 1 aliphatic rings. The lowest BCUT2D eigenvalue weighted by molar-refractivity contribution is -0.181. The molecule has 0 aromatic heterocycles. The number of aliphatic carboxylic acids is 1. The number of hydrogen-bond acceptors (Lipinski definition) is 4. The number of ether oxygens (including phenoxy) is 1. The van der Waals surface area contributed by atoms with E-state index >= 15 is 0 Å². The Hall–Kier alpha value is -0.650. The summed E-state index contributed by atoms with van der Waals surface area (Å²) >= 11 is 0. The molecule has 1 saturated heterocycles. The third-order valence-electron chi connectivity index (χ3n) is 3.77.